The second-order valence-corrected chi connectivity index (χ2v) is 6.43. The molecule has 102 valence electrons. The number of hydrogen-bond acceptors (Lipinski definition) is 2. The van der Waals surface area contributed by atoms with Crippen molar-refractivity contribution in [1.29, 1.82) is 0 Å². The first kappa shape index (κ1) is 15.5. The van der Waals surface area contributed by atoms with Gasteiger partial charge in [-0.05, 0) is 24.5 Å². The minimum atomic E-state index is -1.10. The van der Waals surface area contributed by atoms with Crippen LogP contribution in [0.3, 0.4) is 0 Å². The van der Waals surface area contributed by atoms with Gasteiger partial charge in [0, 0.05) is 11.4 Å². The van der Waals surface area contributed by atoms with Gasteiger partial charge < -0.3 is 5.73 Å². The summed E-state index contributed by atoms with van der Waals surface area (Å²) in [5.41, 5.74) is 6.40. The monoisotopic (exact) mass is 287 g/mol. The van der Waals surface area contributed by atoms with Gasteiger partial charge in [0.2, 0.25) is 0 Å². The molecule has 2 unspecified atom stereocenters. The van der Waals surface area contributed by atoms with Crippen LogP contribution in [0.2, 0.25) is 5.02 Å². The Morgan fingerprint density at radius 1 is 1.39 bits per heavy atom. The third kappa shape index (κ3) is 4.29. The molecule has 0 heterocycles. The molecule has 0 aliphatic carbocycles. The summed E-state index contributed by atoms with van der Waals surface area (Å²) in [6.07, 6.45) is 4.55. The first-order valence-electron chi connectivity index (χ1n) is 6.52. The fourth-order valence-electron chi connectivity index (χ4n) is 1.96. The van der Waals surface area contributed by atoms with E-state index in [1.54, 1.807) is 18.2 Å². The van der Waals surface area contributed by atoms with Crippen LogP contribution in [0, 0.1) is 5.92 Å². The Balaban J connectivity index is 2.75. The Bertz CT molecular complexity index is 389. The maximum absolute atomic E-state index is 12.4. The lowest BCUT2D eigenvalue weighted by atomic mass is 10.0. The molecule has 0 radical (unpaired) electrons. The van der Waals surface area contributed by atoms with E-state index in [-0.39, 0.29) is 0 Å². The highest BCUT2D eigenvalue weighted by molar-refractivity contribution is 7.85. The van der Waals surface area contributed by atoms with Crippen LogP contribution >= 0.6 is 11.6 Å². The number of unbranched alkanes of at least 4 members (excludes halogenated alkanes) is 1. The zero-order valence-electron chi connectivity index (χ0n) is 11.1. The largest absolute Gasteiger partial charge is 0.398 e. The van der Waals surface area contributed by atoms with Gasteiger partial charge in [-0.15, -0.1) is 0 Å². The first-order valence-corrected chi connectivity index (χ1v) is 8.22. The van der Waals surface area contributed by atoms with Crippen LogP contribution < -0.4 is 5.73 Å². The molecule has 1 rings (SSSR count). The van der Waals surface area contributed by atoms with Crippen molar-refractivity contribution in [3.05, 3.63) is 23.2 Å². The van der Waals surface area contributed by atoms with Crippen molar-refractivity contribution in [3.8, 4) is 0 Å². The van der Waals surface area contributed by atoms with E-state index < -0.39 is 10.8 Å². The number of benzene rings is 1. The van der Waals surface area contributed by atoms with Gasteiger partial charge in [-0.2, -0.15) is 0 Å². The maximum Gasteiger partial charge on any atom is 0.0803 e. The van der Waals surface area contributed by atoms with Crippen molar-refractivity contribution in [2.45, 2.75) is 44.4 Å². The number of anilines is 1. The lowest BCUT2D eigenvalue weighted by Gasteiger charge is -2.15. The summed E-state index contributed by atoms with van der Waals surface area (Å²) < 4.78 is 12.4. The highest BCUT2D eigenvalue weighted by atomic mass is 35.5. The average Bonchev–Trinajstić information content (AvgIpc) is 2.34. The van der Waals surface area contributed by atoms with Crippen molar-refractivity contribution in [1.82, 2.24) is 0 Å². The highest BCUT2D eigenvalue weighted by Crippen LogP contribution is 2.27. The standard InChI is InChI=1S/C14H22ClNOS/c1-3-5-7-11(4-2)10-18(17)14-12(15)8-6-9-13(14)16/h6,8-9,11H,3-5,7,10,16H2,1-2H3. The Kier molecular flexibility index (Phi) is 6.72. The van der Waals surface area contributed by atoms with Crippen LogP contribution in [0.25, 0.3) is 0 Å². The third-order valence-electron chi connectivity index (χ3n) is 3.16. The molecule has 2 atom stereocenters. The Labute approximate surface area is 117 Å². The van der Waals surface area contributed by atoms with E-state index in [9.17, 15) is 4.21 Å². The molecule has 0 bridgehead atoms. The minimum absolute atomic E-state index is 0.487. The molecule has 0 spiro atoms. The SMILES string of the molecule is CCCCC(CC)CS(=O)c1c(N)cccc1Cl. The van der Waals surface area contributed by atoms with E-state index >= 15 is 0 Å². The van der Waals surface area contributed by atoms with Gasteiger partial charge in [0.25, 0.3) is 0 Å². The fourth-order valence-corrected chi connectivity index (χ4v) is 4.01. The van der Waals surface area contributed by atoms with Crippen molar-refractivity contribution in [2.24, 2.45) is 5.92 Å². The molecule has 1 aromatic carbocycles. The third-order valence-corrected chi connectivity index (χ3v) is 5.27. The molecule has 0 aliphatic heterocycles. The van der Waals surface area contributed by atoms with E-state index in [0.717, 1.165) is 12.8 Å². The van der Waals surface area contributed by atoms with Gasteiger partial charge in [0.05, 0.1) is 20.7 Å². The van der Waals surface area contributed by atoms with Crippen LogP contribution in [0.4, 0.5) is 5.69 Å². The van der Waals surface area contributed by atoms with Crippen LogP contribution in [-0.4, -0.2) is 9.96 Å². The zero-order valence-corrected chi connectivity index (χ0v) is 12.7. The van der Waals surface area contributed by atoms with Crippen molar-refractivity contribution in [3.63, 3.8) is 0 Å². The fraction of sp³-hybridized carbons (Fsp3) is 0.571. The van der Waals surface area contributed by atoms with E-state index in [4.69, 9.17) is 17.3 Å². The lowest BCUT2D eigenvalue weighted by Crippen LogP contribution is -2.12. The first-order chi connectivity index (χ1) is 8.60. The molecule has 0 aromatic heterocycles. The average molecular weight is 288 g/mol. The van der Waals surface area contributed by atoms with Gasteiger partial charge in [0.1, 0.15) is 0 Å². The molecule has 1 aromatic rings. The molecule has 0 amide bonds. The molecular formula is C14H22ClNOS. The Morgan fingerprint density at radius 2 is 2.11 bits per heavy atom. The number of halogens is 1. The lowest BCUT2D eigenvalue weighted by molar-refractivity contribution is 0.494. The quantitative estimate of drug-likeness (QED) is 0.762. The van der Waals surface area contributed by atoms with Gasteiger partial charge in [0.15, 0.2) is 0 Å². The predicted octanol–water partition coefficient (Wildman–Crippen LogP) is 4.25. The summed E-state index contributed by atoms with van der Waals surface area (Å²) in [7, 11) is -1.10. The molecule has 18 heavy (non-hydrogen) atoms. The van der Waals surface area contributed by atoms with Crippen molar-refractivity contribution in [2.75, 3.05) is 11.5 Å². The van der Waals surface area contributed by atoms with Gasteiger partial charge >= 0.3 is 0 Å². The Hall–Kier alpha value is -0.540. The van der Waals surface area contributed by atoms with Gasteiger partial charge in [-0.1, -0.05) is 50.8 Å². The maximum atomic E-state index is 12.4. The van der Waals surface area contributed by atoms with E-state index in [0.29, 0.717) is 27.3 Å². The number of nitrogens with two attached hydrogens (primary N) is 1. The van der Waals surface area contributed by atoms with Crippen LogP contribution in [-0.2, 0) is 10.8 Å². The van der Waals surface area contributed by atoms with Gasteiger partial charge in [-0.3, -0.25) is 4.21 Å². The normalized spacial score (nSPS) is 14.4. The van der Waals surface area contributed by atoms with Crippen LogP contribution in [0.5, 0.6) is 0 Å². The van der Waals surface area contributed by atoms with Crippen LogP contribution in [0.15, 0.2) is 23.1 Å². The highest BCUT2D eigenvalue weighted by Gasteiger charge is 2.16. The molecular weight excluding hydrogens is 266 g/mol. The molecule has 4 heteroatoms. The summed E-state index contributed by atoms with van der Waals surface area (Å²) >= 11 is 6.08. The summed E-state index contributed by atoms with van der Waals surface area (Å²) in [4.78, 5) is 0.606. The minimum Gasteiger partial charge on any atom is -0.398 e. The summed E-state index contributed by atoms with van der Waals surface area (Å²) in [5.74, 6) is 1.14. The number of rotatable bonds is 7. The molecule has 0 fully saturated rings. The molecule has 2 N–H and O–H groups in total. The number of nitrogen functional groups attached to an aromatic ring is 1. The second-order valence-electron chi connectivity index (χ2n) is 4.59. The van der Waals surface area contributed by atoms with Crippen LogP contribution in [0.1, 0.15) is 39.5 Å². The molecule has 0 aliphatic rings. The summed E-state index contributed by atoms with van der Waals surface area (Å²) in [6, 6.07) is 5.29. The molecule has 0 saturated heterocycles. The molecule has 0 saturated carbocycles. The van der Waals surface area contributed by atoms with E-state index in [2.05, 4.69) is 13.8 Å². The van der Waals surface area contributed by atoms with E-state index in [1.807, 2.05) is 0 Å². The van der Waals surface area contributed by atoms with Crippen molar-refractivity contribution < 1.29 is 4.21 Å². The zero-order chi connectivity index (χ0) is 13.5. The second kappa shape index (κ2) is 7.80. The van der Waals surface area contributed by atoms with Gasteiger partial charge in [-0.25, -0.2) is 0 Å². The summed E-state index contributed by atoms with van der Waals surface area (Å²) in [5, 5.41) is 0.513. The topological polar surface area (TPSA) is 43.1 Å². The van der Waals surface area contributed by atoms with Crippen molar-refractivity contribution >= 4 is 28.1 Å². The predicted molar refractivity (Wildman–Crippen MR) is 80.4 cm³/mol. The molecule has 2 nitrogen and oxygen atoms in total. The van der Waals surface area contributed by atoms with E-state index in [1.165, 1.54) is 12.8 Å². The number of hydrogen-bond donors (Lipinski definition) is 1. The Morgan fingerprint density at radius 3 is 2.67 bits per heavy atom. The smallest absolute Gasteiger partial charge is 0.0803 e. The summed E-state index contributed by atoms with van der Waals surface area (Å²) in [6.45, 7) is 4.32.